The smallest absolute Gasteiger partial charge is 0.193 e. The van der Waals surface area contributed by atoms with Gasteiger partial charge in [0.2, 0.25) is 0 Å². The Morgan fingerprint density at radius 2 is 2.43 bits per heavy atom. The Labute approximate surface area is 127 Å². The molecule has 0 unspecified atom stereocenters. The monoisotopic (exact) mass is 301 g/mol. The van der Waals surface area contributed by atoms with Crippen LogP contribution in [0.4, 0.5) is 0 Å². The van der Waals surface area contributed by atoms with Crippen LogP contribution in [0.2, 0.25) is 0 Å². The van der Waals surface area contributed by atoms with Gasteiger partial charge in [-0.1, -0.05) is 0 Å². The lowest BCUT2D eigenvalue weighted by Crippen LogP contribution is -2.34. The summed E-state index contributed by atoms with van der Waals surface area (Å²) in [6.07, 6.45) is 6.69. The lowest BCUT2D eigenvalue weighted by Gasteiger charge is -2.31. The summed E-state index contributed by atoms with van der Waals surface area (Å²) in [5, 5.41) is 9.57. The summed E-state index contributed by atoms with van der Waals surface area (Å²) in [4.78, 5) is 8.28. The first-order valence-electron chi connectivity index (χ1n) is 7.43. The number of nitrogens with zero attached hydrogens (tertiary/aromatic N) is 4. The van der Waals surface area contributed by atoms with Crippen LogP contribution in [0.5, 0.6) is 0 Å². The highest BCUT2D eigenvalue weighted by Crippen LogP contribution is 2.27. The normalized spacial score (nSPS) is 20.3. The molecule has 0 saturated carbocycles. The van der Waals surface area contributed by atoms with Crippen molar-refractivity contribution < 1.29 is 0 Å². The Bertz CT molecular complexity index is 712. The third-order valence-corrected chi connectivity index (χ3v) is 4.95. The number of hydrogen-bond donors (Lipinski definition) is 1. The number of aromatic nitrogens is 4. The molecule has 1 aliphatic rings. The van der Waals surface area contributed by atoms with Crippen molar-refractivity contribution in [2.75, 3.05) is 13.1 Å². The topological polar surface area (TPSA) is 49.2 Å². The van der Waals surface area contributed by atoms with Crippen LogP contribution in [-0.4, -0.2) is 37.6 Å². The van der Waals surface area contributed by atoms with Crippen molar-refractivity contribution in [2.45, 2.75) is 32.2 Å². The molecule has 3 aromatic rings. The van der Waals surface area contributed by atoms with Crippen molar-refractivity contribution in [3.05, 3.63) is 40.9 Å². The largest absolute Gasteiger partial charge is 0.297 e. The van der Waals surface area contributed by atoms with Gasteiger partial charge in [0.05, 0.1) is 11.4 Å². The molecule has 3 aromatic heterocycles. The molecule has 0 bridgehead atoms. The number of fused-ring (bicyclic) bond motifs is 1. The number of hydrogen-bond acceptors (Lipinski definition) is 4. The molecule has 1 N–H and O–H groups in total. The zero-order chi connectivity index (χ0) is 14.2. The minimum absolute atomic E-state index is 0.549. The molecule has 0 spiro atoms. The van der Waals surface area contributed by atoms with E-state index in [4.69, 9.17) is 0 Å². The molecule has 4 rings (SSSR count). The number of aryl methyl sites for hydroxylation is 1. The zero-order valence-electron chi connectivity index (χ0n) is 12.1. The van der Waals surface area contributed by atoms with Gasteiger partial charge in [0.15, 0.2) is 4.96 Å². The number of rotatable bonds is 3. The summed E-state index contributed by atoms with van der Waals surface area (Å²) >= 11 is 1.69. The number of likely N-dealkylation sites (tertiary alicyclic amines) is 1. The van der Waals surface area contributed by atoms with Crippen LogP contribution in [0.15, 0.2) is 23.8 Å². The Morgan fingerprint density at radius 3 is 3.24 bits per heavy atom. The van der Waals surface area contributed by atoms with E-state index in [9.17, 15) is 0 Å². The molecule has 1 aliphatic heterocycles. The van der Waals surface area contributed by atoms with Gasteiger partial charge in [-0.25, -0.2) is 4.98 Å². The third-order valence-electron chi connectivity index (χ3n) is 4.18. The number of H-pyrrole nitrogens is 1. The van der Waals surface area contributed by atoms with Crippen molar-refractivity contribution in [1.82, 2.24) is 24.5 Å². The van der Waals surface area contributed by atoms with Crippen LogP contribution in [0.25, 0.3) is 4.96 Å². The first-order valence-corrected chi connectivity index (χ1v) is 8.31. The Balaban J connectivity index is 1.46. The molecule has 0 radical (unpaired) electrons. The highest BCUT2D eigenvalue weighted by atomic mass is 32.1. The molecule has 110 valence electrons. The molecule has 0 aromatic carbocycles. The van der Waals surface area contributed by atoms with E-state index in [1.54, 1.807) is 11.3 Å². The minimum Gasteiger partial charge on any atom is -0.297 e. The lowest BCUT2D eigenvalue weighted by molar-refractivity contribution is 0.196. The van der Waals surface area contributed by atoms with Gasteiger partial charge in [-0.15, -0.1) is 11.3 Å². The zero-order valence-corrected chi connectivity index (χ0v) is 12.9. The standard InChI is InChI=1S/C15H19N5S/c1-11-7-14(18-17-11)12-3-2-4-19(8-12)9-13-10-20-5-6-21-15(20)16-13/h5-7,10,12H,2-4,8-9H2,1H3,(H,17,18)/t12-/m0/s1. The summed E-state index contributed by atoms with van der Waals surface area (Å²) < 4.78 is 2.11. The molecular weight excluding hydrogens is 282 g/mol. The second-order valence-electron chi connectivity index (χ2n) is 5.88. The molecule has 1 saturated heterocycles. The van der Waals surface area contributed by atoms with E-state index in [1.165, 1.54) is 24.2 Å². The van der Waals surface area contributed by atoms with Gasteiger partial charge in [0, 0.05) is 42.5 Å². The Kier molecular flexibility index (Phi) is 3.27. The average molecular weight is 301 g/mol. The van der Waals surface area contributed by atoms with Crippen LogP contribution >= 0.6 is 11.3 Å². The summed E-state index contributed by atoms with van der Waals surface area (Å²) in [7, 11) is 0. The molecule has 1 fully saturated rings. The summed E-state index contributed by atoms with van der Waals surface area (Å²) in [6, 6.07) is 2.18. The van der Waals surface area contributed by atoms with E-state index in [2.05, 4.69) is 55.2 Å². The van der Waals surface area contributed by atoms with Crippen molar-refractivity contribution in [3.63, 3.8) is 0 Å². The first-order chi connectivity index (χ1) is 10.3. The van der Waals surface area contributed by atoms with Crippen molar-refractivity contribution in [1.29, 1.82) is 0 Å². The van der Waals surface area contributed by atoms with Crippen molar-refractivity contribution in [3.8, 4) is 0 Å². The van der Waals surface area contributed by atoms with E-state index in [-0.39, 0.29) is 0 Å². The van der Waals surface area contributed by atoms with Gasteiger partial charge >= 0.3 is 0 Å². The van der Waals surface area contributed by atoms with E-state index in [0.717, 1.165) is 30.3 Å². The molecular formula is C15H19N5S. The number of aromatic amines is 1. The third kappa shape index (κ3) is 2.61. The van der Waals surface area contributed by atoms with Crippen LogP contribution in [-0.2, 0) is 6.54 Å². The minimum atomic E-state index is 0.549. The lowest BCUT2D eigenvalue weighted by atomic mass is 9.94. The Morgan fingerprint density at radius 1 is 1.48 bits per heavy atom. The van der Waals surface area contributed by atoms with E-state index in [1.807, 2.05) is 0 Å². The summed E-state index contributed by atoms with van der Waals surface area (Å²) in [5.41, 5.74) is 3.53. The molecule has 5 nitrogen and oxygen atoms in total. The highest BCUT2D eigenvalue weighted by Gasteiger charge is 2.23. The van der Waals surface area contributed by atoms with Gasteiger partial charge in [0.25, 0.3) is 0 Å². The van der Waals surface area contributed by atoms with Crippen LogP contribution in [0, 0.1) is 6.92 Å². The van der Waals surface area contributed by atoms with Crippen molar-refractivity contribution in [2.24, 2.45) is 0 Å². The van der Waals surface area contributed by atoms with Crippen LogP contribution in [0.1, 0.15) is 35.8 Å². The Hall–Kier alpha value is -1.66. The summed E-state index contributed by atoms with van der Waals surface area (Å²) in [6.45, 7) is 5.24. The van der Waals surface area contributed by atoms with E-state index < -0.39 is 0 Å². The maximum atomic E-state index is 4.69. The maximum absolute atomic E-state index is 4.69. The number of nitrogens with one attached hydrogen (secondary N) is 1. The second-order valence-corrected chi connectivity index (χ2v) is 6.75. The first kappa shape index (κ1) is 13.0. The molecule has 6 heteroatoms. The fourth-order valence-corrected chi connectivity index (χ4v) is 3.89. The van der Waals surface area contributed by atoms with Crippen molar-refractivity contribution >= 4 is 16.3 Å². The fraction of sp³-hybridized carbons (Fsp3) is 0.467. The van der Waals surface area contributed by atoms with Crippen LogP contribution < -0.4 is 0 Å². The molecule has 0 amide bonds. The SMILES string of the molecule is Cc1cc([C@H]2CCCN(Cc3cn4ccsc4n3)C2)n[nH]1. The van der Waals surface area contributed by atoms with Gasteiger partial charge in [-0.05, 0) is 32.4 Å². The highest BCUT2D eigenvalue weighted by molar-refractivity contribution is 7.15. The second kappa shape index (κ2) is 5.27. The quantitative estimate of drug-likeness (QED) is 0.809. The maximum Gasteiger partial charge on any atom is 0.193 e. The fourth-order valence-electron chi connectivity index (χ4n) is 3.17. The molecule has 4 heterocycles. The summed E-state index contributed by atoms with van der Waals surface area (Å²) in [5.74, 6) is 0.549. The predicted molar refractivity (Wildman–Crippen MR) is 83.6 cm³/mol. The van der Waals surface area contributed by atoms with E-state index >= 15 is 0 Å². The predicted octanol–water partition coefficient (Wildman–Crippen LogP) is 2.81. The molecule has 1 atom stereocenters. The van der Waals surface area contributed by atoms with Gasteiger partial charge in [0.1, 0.15) is 0 Å². The van der Waals surface area contributed by atoms with Crippen LogP contribution in [0.3, 0.4) is 0 Å². The average Bonchev–Trinajstić information content (AvgIpc) is 3.15. The number of thiazole rings is 1. The van der Waals surface area contributed by atoms with Gasteiger partial charge in [-0.3, -0.25) is 14.4 Å². The van der Waals surface area contributed by atoms with E-state index in [0.29, 0.717) is 5.92 Å². The number of imidazole rings is 1. The molecule has 0 aliphatic carbocycles. The van der Waals surface area contributed by atoms with Gasteiger partial charge in [-0.2, -0.15) is 5.10 Å². The number of piperidine rings is 1. The molecule has 21 heavy (non-hydrogen) atoms. The van der Waals surface area contributed by atoms with Gasteiger partial charge < -0.3 is 0 Å².